The molecule has 1 aromatic heterocycles. The van der Waals surface area contributed by atoms with Crippen molar-refractivity contribution in [2.75, 3.05) is 21.3 Å². The Hall–Kier alpha value is -2.57. The van der Waals surface area contributed by atoms with Crippen molar-refractivity contribution in [1.29, 1.82) is 0 Å². The maximum atomic E-state index is 12.2. The van der Waals surface area contributed by atoms with Gasteiger partial charge in [-0.25, -0.2) is 4.98 Å². The molecule has 0 aliphatic carbocycles. The van der Waals surface area contributed by atoms with Crippen LogP contribution in [-0.4, -0.2) is 42.0 Å². The summed E-state index contributed by atoms with van der Waals surface area (Å²) in [5.74, 6) is 0.910. The first-order valence-electron chi connectivity index (χ1n) is 5.40. The molecular formula is C12H13N3O4. The highest BCUT2D eigenvalue weighted by Crippen LogP contribution is 2.38. The predicted octanol–water partition coefficient (Wildman–Crippen LogP) is 0.992. The third-order valence-corrected chi connectivity index (χ3v) is 2.54. The summed E-state index contributed by atoms with van der Waals surface area (Å²) in [6.07, 6.45) is 2.61. The highest BCUT2D eigenvalue weighted by atomic mass is 16.5. The summed E-state index contributed by atoms with van der Waals surface area (Å²) < 4.78 is 16.7. The average Bonchev–Trinajstić information content (AvgIpc) is 2.98. The maximum Gasteiger partial charge on any atom is 0.279 e. The quantitative estimate of drug-likeness (QED) is 0.819. The van der Waals surface area contributed by atoms with Crippen molar-refractivity contribution in [3.05, 3.63) is 30.4 Å². The molecule has 7 nitrogen and oxygen atoms in total. The van der Waals surface area contributed by atoms with Crippen molar-refractivity contribution in [1.82, 2.24) is 14.8 Å². The second-order valence-electron chi connectivity index (χ2n) is 3.56. The number of aromatic nitrogens is 3. The van der Waals surface area contributed by atoms with E-state index in [0.717, 1.165) is 4.68 Å². The summed E-state index contributed by atoms with van der Waals surface area (Å²) >= 11 is 0. The molecule has 0 unspecified atom stereocenters. The molecule has 0 N–H and O–H groups in total. The number of benzene rings is 1. The largest absolute Gasteiger partial charge is 0.493 e. The van der Waals surface area contributed by atoms with Gasteiger partial charge in [-0.05, 0) is 12.1 Å². The van der Waals surface area contributed by atoms with Crippen LogP contribution in [0.5, 0.6) is 17.2 Å². The van der Waals surface area contributed by atoms with Crippen molar-refractivity contribution >= 4 is 5.91 Å². The van der Waals surface area contributed by atoms with Gasteiger partial charge in [0.2, 0.25) is 5.75 Å². The van der Waals surface area contributed by atoms with Gasteiger partial charge in [-0.1, -0.05) is 0 Å². The van der Waals surface area contributed by atoms with E-state index in [1.54, 1.807) is 12.1 Å². The van der Waals surface area contributed by atoms with Gasteiger partial charge in [-0.15, -0.1) is 0 Å². The zero-order chi connectivity index (χ0) is 13.8. The summed E-state index contributed by atoms with van der Waals surface area (Å²) in [6.45, 7) is 0. The maximum absolute atomic E-state index is 12.2. The lowest BCUT2D eigenvalue weighted by molar-refractivity contribution is 0.0944. The number of methoxy groups -OCH3 is 3. The highest BCUT2D eigenvalue weighted by Gasteiger charge is 2.18. The van der Waals surface area contributed by atoms with E-state index in [1.807, 2.05) is 0 Å². The topological polar surface area (TPSA) is 75.5 Å². The fourth-order valence-corrected chi connectivity index (χ4v) is 1.65. The molecular weight excluding hydrogens is 250 g/mol. The van der Waals surface area contributed by atoms with Crippen molar-refractivity contribution < 1.29 is 19.0 Å². The molecule has 0 radical (unpaired) electrons. The second-order valence-corrected chi connectivity index (χ2v) is 3.56. The summed E-state index contributed by atoms with van der Waals surface area (Å²) in [7, 11) is 4.47. The van der Waals surface area contributed by atoms with E-state index in [0.29, 0.717) is 22.8 Å². The number of hydrogen-bond donors (Lipinski definition) is 0. The van der Waals surface area contributed by atoms with E-state index in [4.69, 9.17) is 14.2 Å². The first-order chi connectivity index (χ1) is 9.21. The number of carbonyl (C=O) groups excluding carboxylic acids is 1. The first-order valence-corrected chi connectivity index (χ1v) is 5.40. The van der Waals surface area contributed by atoms with Crippen LogP contribution in [0.15, 0.2) is 24.8 Å². The van der Waals surface area contributed by atoms with Crippen LogP contribution >= 0.6 is 0 Å². The van der Waals surface area contributed by atoms with E-state index in [2.05, 4.69) is 10.1 Å². The van der Waals surface area contributed by atoms with Crippen LogP contribution in [0.4, 0.5) is 0 Å². The van der Waals surface area contributed by atoms with Crippen molar-refractivity contribution in [2.24, 2.45) is 0 Å². The summed E-state index contributed by atoms with van der Waals surface area (Å²) in [5, 5.41) is 3.79. The number of ether oxygens (including phenoxy) is 3. The molecule has 0 bridgehead atoms. The van der Waals surface area contributed by atoms with Crippen LogP contribution in [0.25, 0.3) is 0 Å². The van der Waals surface area contributed by atoms with Gasteiger partial charge in [-0.3, -0.25) is 4.79 Å². The molecule has 2 rings (SSSR count). The molecule has 100 valence electrons. The molecule has 19 heavy (non-hydrogen) atoms. The van der Waals surface area contributed by atoms with Gasteiger partial charge < -0.3 is 14.2 Å². The molecule has 0 aliphatic rings. The second kappa shape index (κ2) is 5.38. The van der Waals surface area contributed by atoms with Crippen molar-refractivity contribution in [3.8, 4) is 17.2 Å². The van der Waals surface area contributed by atoms with Gasteiger partial charge in [0.25, 0.3) is 5.91 Å². The summed E-state index contributed by atoms with van der Waals surface area (Å²) in [5.41, 5.74) is 0.361. The third kappa shape index (κ3) is 2.35. The predicted molar refractivity (Wildman–Crippen MR) is 65.8 cm³/mol. The lowest BCUT2D eigenvalue weighted by Gasteiger charge is -2.13. The van der Waals surface area contributed by atoms with Crippen LogP contribution in [-0.2, 0) is 0 Å². The highest BCUT2D eigenvalue weighted by molar-refractivity contribution is 5.96. The van der Waals surface area contributed by atoms with Crippen LogP contribution in [0, 0.1) is 0 Å². The summed E-state index contributed by atoms with van der Waals surface area (Å²) in [4.78, 5) is 15.9. The minimum absolute atomic E-state index is 0.336. The van der Waals surface area contributed by atoms with Crippen LogP contribution < -0.4 is 14.2 Å². The Labute approximate surface area is 109 Å². The zero-order valence-electron chi connectivity index (χ0n) is 10.8. The Kier molecular flexibility index (Phi) is 3.65. The lowest BCUT2D eigenvalue weighted by atomic mass is 10.1. The number of rotatable bonds is 4. The van der Waals surface area contributed by atoms with E-state index < -0.39 is 0 Å². The smallest absolute Gasteiger partial charge is 0.279 e. The molecule has 1 aromatic carbocycles. The first kappa shape index (κ1) is 12.9. The van der Waals surface area contributed by atoms with Gasteiger partial charge in [0.15, 0.2) is 11.5 Å². The van der Waals surface area contributed by atoms with Gasteiger partial charge in [-0.2, -0.15) is 9.78 Å². The van der Waals surface area contributed by atoms with E-state index in [-0.39, 0.29) is 5.91 Å². The average molecular weight is 263 g/mol. The van der Waals surface area contributed by atoms with E-state index in [1.165, 1.54) is 34.0 Å². The Morgan fingerprint density at radius 2 is 1.74 bits per heavy atom. The molecule has 0 saturated heterocycles. The molecule has 1 heterocycles. The van der Waals surface area contributed by atoms with Gasteiger partial charge in [0.05, 0.1) is 21.3 Å². The molecule has 0 atom stereocenters. The Bertz CT molecular complexity index is 556. The Morgan fingerprint density at radius 1 is 1.11 bits per heavy atom. The fraction of sp³-hybridized carbons (Fsp3) is 0.250. The molecule has 0 amide bonds. The monoisotopic (exact) mass is 263 g/mol. The minimum Gasteiger partial charge on any atom is -0.493 e. The van der Waals surface area contributed by atoms with Crippen LogP contribution in [0.3, 0.4) is 0 Å². The Balaban J connectivity index is 2.50. The van der Waals surface area contributed by atoms with Crippen LogP contribution in [0.2, 0.25) is 0 Å². The molecule has 0 spiro atoms. The van der Waals surface area contributed by atoms with E-state index in [9.17, 15) is 4.79 Å². The normalized spacial score (nSPS) is 10.1. The van der Waals surface area contributed by atoms with E-state index >= 15 is 0 Å². The molecule has 0 fully saturated rings. The summed E-state index contributed by atoms with van der Waals surface area (Å²) in [6, 6.07) is 3.12. The molecule has 0 aliphatic heterocycles. The van der Waals surface area contributed by atoms with Gasteiger partial charge in [0.1, 0.15) is 12.7 Å². The fourth-order valence-electron chi connectivity index (χ4n) is 1.65. The van der Waals surface area contributed by atoms with Crippen LogP contribution in [0.1, 0.15) is 10.4 Å². The number of carbonyl (C=O) groups is 1. The van der Waals surface area contributed by atoms with Crippen molar-refractivity contribution in [3.63, 3.8) is 0 Å². The number of hydrogen-bond acceptors (Lipinski definition) is 6. The van der Waals surface area contributed by atoms with Gasteiger partial charge >= 0.3 is 0 Å². The zero-order valence-corrected chi connectivity index (χ0v) is 10.8. The third-order valence-electron chi connectivity index (χ3n) is 2.54. The SMILES string of the molecule is COc1cc(C(=O)n2cncn2)cc(OC)c1OC. The lowest BCUT2D eigenvalue weighted by Crippen LogP contribution is -2.13. The number of nitrogens with zero attached hydrogens (tertiary/aromatic N) is 3. The molecule has 2 aromatic rings. The van der Waals surface area contributed by atoms with Crippen molar-refractivity contribution in [2.45, 2.75) is 0 Å². The molecule has 0 saturated carbocycles. The standard InChI is InChI=1S/C12H13N3O4/c1-17-9-4-8(5-10(18-2)11(9)19-3)12(16)15-7-13-6-14-15/h4-7H,1-3H3. The Morgan fingerprint density at radius 3 is 2.16 bits per heavy atom. The minimum atomic E-state index is -0.336. The van der Waals surface area contributed by atoms with Gasteiger partial charge in [0, 0.05) is 5.56 Å². The molecule has 7 heteroatoms.